The van der Waals surface area contributed by atoms with Crippen LogP contribution in [0.25, 0.3) is 0 Å². The Hall–Kier alpha value is -1.36. The number of rotatable bonds is 7. The van der Waals surface area contributed by atoms with Gasteiger partial charge in [0.05, 0.1) is 5.60 Å². The van der Waals surface area contributed by atoms with Crippen LogP contribution in [-0.4, -0.2) is 25.0 Å². The standard InChI is InChI=1S/C19H24BrNO2/c1-4-21(17-12-10-16(20)11-13-17)18(23-3)14-19(2,22)15-8-6-5-7-9-15/h5-13,18,22H,4,14H2,1-3H3. The molecule has 0 aliphatic carbocycles. The number of ether oxygens (including phenoxy) is 1. The molecule has 0 aliphatic rings. The zero-order chi connectivity index (χ0) is 16.9. The van der Waals surface area contributed by atoms with Gasteiger partial charge in [-0.25, -0.2) is 0 Å². The van der Waals surface area contributed by atoms with Crippen LogP contribution in [0.1, 0.15) is 25.8 Å². The third-order valence-corrected chi connectivity index (χ3v) is 4.62. The van der Waals surface area contributed by atoms with E-state index in [1.807, 2.05) is 49.4 Å². The fraction of sp³-hybridized carbons (Fsp3) is 0.368. The van der Waals surface area contributed by atoms with Crippen LogP contribution in [0.2, 0.25) is 0 Å². The molecular weight excluding hydrogens is 354 g/mol. The molecule has 2 rings (SSSR count). The molecule has 2 atom stereocenters. The normalized spacial score (nSPS) is 15.0. The summed E-state index contributed by atoms with van der Waals surface area (Å²) in [4.78, 5) is 2.16. The van der Waals surface area contributed by atoms with Crippen molar-refractivity contribution in [2.24, 2.45) is 0 Å². The molecule has 0 amide bonds. The van der Waals surface area contributed by atoms with Gasteiger partial charge in [0, 0.05) is 30.2 Å². The Morgan fingerprint density at radius 2 is 1.74 bits per heavy atom. The number of hydrogen-bond acceptors (Lipinski definition) is 3. The summed E-state index contributed by atoms with van der Waals surface area (Å²) < 4.78 is 6.74. The quantitative estimate of drug-likeness (QED) is 0.718. The molecule has 2 unspecified atom stereocenters. The smallest absolute Gasteiger partial charge is 0.132 e. The topological polar surface area (TPSA) is 32.7 Å². The molecule has 0 aliphatic heterocycles. The lowest BCUT2D eigenvalue weighted by atomic mass is 9.91. The molecular formula is C19H24BrNO2. The van der Waals surface area contributed by atoms with E-state index in [1.165, 1.54) is 0 Å². The third kappa shape index (κ3) is 4.56. The Kier molecular flexibility index (Phi) is 6.22. The van der Waals surface area contributed by atoms with E-state index in [0.717, 1.165) is 22.3 Å². The van der Waals surface area contributed by atoms with Gasteiger partial charge in [0.2, 0.25) is 0 Å². The lowest BCUT2D eigenvalue weighted by Gasteiger charge is -2.36. The number of nitrogens with zero attached hydrogens (tertiary/aromatic N) is 1. The van der Waals surface area contributed by atoms with Crippen LogP contribution in [0.5, 0.6) is 0 Å². The summed E-state index contributed by atoms with van der Waals surface area (Å²) in [6, 6.07) is 17.9. The van der Waals surface area contributed by atoms with E-state index in [4.69, 9.17) is 4.74 Å². The van der Waals surface area contributed by atoms with Crippen LogP contribution in [-0.2, 0) is 10.3 Å². The molecule has 0 saturated carbocycles. The van der Waals surface area contributed by atoms with Crippen LogP contribution in [0, 0.1) is 0 Å². The minimum Gasteiger partial charge on any atom is -0.385 e. The van der Waals surface area contributed by atoms with E-state index in [-0.39, 0.29) is 6.23 Å². The molecule has 2 aromatic carbocycles. The lowest BCUT2D eigenvalue weighted by molar-refractivity contribution is -0.0171. The van der Waals surface area contributed by atoms with E-state index in [9.17, 15) is 5.11 Å². The van der Waals surface area contributed by atoms with Gasteiger partial charge in [0.25, 0.3) is 0 Å². The van der Waals surface area contributed by atoms with Gasteiger partial charge in [-0.2, -0.15) is 0 Å². The van der Waals surface area contributed by atoms with E-state index in [2.05, 4.69) is 39.9 Å². The molecule has 3 nitrogen and oxygen atoms in total. The first-order valence-corrected chi connectivity index (χ1v) is 8.60. The summed E-state index contributed by atoms with van der Waals surface area (Å²) in [6.07, 6.45) is 0.272. The summed E-state index contributed by atoms with van der Waals surface area (Å²) in [5.41, 5.74) is 1.02. The Morgan fingerprint density at radius 3 is 2.26 bits per heavy atom. The maximum absolute atomic E-state index is 10.9. The van der Waals surface area contributed by atoms with Gasteiger partial charge < -0.3 is 14.7 Å². The van der Waals surface area contributed by atoms with Gasteiger partial charge in [-0.3, -0.25) is 0 Å². The second-order valence-corrected chi connectivity index (χ2v) is 6.71. The van der Waals surface area contributed by atoms with Crippen molar-refractivity contribution >= 4 is 21.6 Å². The SMILES string of the molecule is CCN(c1ccc(Br)cc1)C(CC(C)(O)c1ccccc1)OC. The molecule has 0 radical (unpaired) electrons. The average molecular weight is 378 g/mol. The molecule has 0 heterocycles. The zero-order valence-electron chi connectivity index (χ0n) is 13.9. The highest BCUT2D eigenvalue weighted by atomic mass is 79.9. The maximum atomic E-state index is 10.9. The highest BCUT2D eigenvalue weighted by Crippen LogP contribution is 2.30. The van der Waals surface area contributed by atoms with Gasteiger partial charge >= 0.3 is 0 Å². The minimum absolute atomic E-state index is 0.212. The van der Waals surface area contributed by atoms with Gasteiger partial charge in [-0.05, 0) is 43.7 Å². The van der Waals surface area contributed by atoms with Gasteiger partial charge in [0.1, 0.15) is 6.23 Å². The van der Waals surface area contributed by atoms with Crippen molar-refractivity contribution in [3.8, 4) is 0 Å². The van der Waals surface area contributed by atoms with E-state index >= 15 is 0 Å². The van der Waals surface area contributed by atoms with Crippen LogP contribution in [0.4, 0.5) is 5.69 Å². The Morgan fingerprint density at radius 1 is 1.13 bits per heavy atom. The molecule has 0 bridgehead atoms. The van der Waals surface area contributed by atoms with Crippen LogP contribution < -0.4 is 4.90 Å². The van der Waals surface area contributed by atoms with Crippen LogP contribution in [0.3, 0.4) is 0 Å². The summed E-state index contributed by atoms with van der Waals surface area (Å²) >= 11 is 3.46. The average Bonchev–Trinajstić information content (AvgIpc) is 2.57. The fourth-order valence-electron chi connectivity index (χ4n) is 2.76. The second-order valence-electron chi connectivity index (χ2n) is 5.80. The highest BCUT2D eigenvalue weighted by Gasteiger charge is 2.30. The summed E-state index contributed by atoms with van der Waals surface area (Å²) in [5.74, 6) is 0. The first-order chi connectivity index (χ1) is 11.0. The number of hydrogen-bond donors (Lipinski definition) is 1. The van der Waals surface area contributed by atoms with Crippen LogP contribution >= 0.6 is 15.9 Å². The molecule has 0 saturated heterocycles. The van der Waals surface area contributed by atoms with Crippen molar-refractivity contribution < 1.29 is 9.84 Å². The van der Waals surface area contributed by atoms with E-state index in [0.29, 0.717) is 6.42 Å². The number of anilines is 1. The van der Waals surface area contributed by atoms with Crippen molar-refractivity contribution in [2.75, 3.05) is 18.6 Å². The molecule has 1 N–H and O–H groups in total. The monoisotopic (exact) mass is 377 g/mol. The molecule has 4 heteroatoms. The van der Waals surface area contributed by atoms with Gasteiger partial charge in [-0.1, -0.05) is 46.3 Å². The number of halogens is 1. The number of benzene rings is 2. The van der Waals surface area contributed by atoms with E-state index < -0.39 is 5.60 Å². The zero-order valence-corrected chi connectivity index (χ0v) is 15.5. The number of aliphatic hydroxyl groups is 1. The maximum Gasteiger partial charge on any atom is 0.132 e. The van der Waals surface area contributed by atoms with Crippen molar-refractivity contribution in [3.63, 3.8) is 0 Å². The minimum atomic E-state index is -0.954. The summed E-state index contributed by atoms with van der Waals surface area (Å²) in [7, 11) is 1.69. The van der Waals surface area contributed by atoms with Crippen molar-refractivity contribution in [1.82, 2.24) is 0 Å². The fourth-order valence-corrected chi connectivity index (χ4v) is 3.03. The number of methoxy groups -OCH3 is 1. The molecule has 0 spiro atoms. The predicted octanol–water partition coefficient (Wildman–Crippen LogP) is 4.55. The third-order valence-electron chi connectivity index (χ3n) is 4.09. The summed E-state index contributed by atoms with van der Waals surface area (Å²) in [5, 5.41) is 10.9. The molecule has 124 valence electrons. The Bertz CT molecular complexity index is 599. The first-order valence-electron chi connectivity index (χ1n) is 7.81. The Labute approximate surface area is 147 Å². The van der Waals surface area contributed by atoms with Crippen molar-refractivity contribution in [1.29, 1.82) is 0 Å². The predicted molar refractivity (Wildman–Crippen MR) is 98.6 cm³/mol. The van der Waals surface area contributed by atoms with E-state index in [1.54, 1.807) is 7.11 Å². The molecule has 0 fully saturated rings. The van der Waals surface area contributed by atoms with Crippen LogP contribution in [0.15, 0.2) is 59.1 Å². The second kappa shape index (κ2) is 7.95. The first kappa shape index (κ1) is 18.0. The highest BCUT2D eigenvalue weighted by molar-refractivity contribution is 9.10. The largest absolute Gasteiger partial charge is 0.385 e. The summed E-state index contributed by atoms with van der Waals surface area (Å²) in [6.45, 7) is 4.72. The van der Waals surface area contributed by atoms with Gasteiger partial charge in [-0.15, -0.1) is 0 Å². The Balaban J connectivity index is 2.22. The molecule has 0 aromatic heterocycles. The lowest BCUT2D eigenvalue weighted by Crippen LogP contribution is -2.41. The van der Waals surface area contributed by atoms with Crippen molar-refractivity contribution in [3.05, 3.63) is 64.6 Å². The van der Waals surface area contributed by atoms with Crippen molar-refractivity contribution in [2.45, 2.75) is 32.1 Å². The molecule has 23 heavy (non-hydrogen) atoms. The van der Waals surface area contributed by atoms with Gasteiger partial charge in [0.15, 0.2) is 0 Å². The molecule has 2 aromatic rings.